The third-order valence-electron chi connectivity index (χ3n) is 4.26. The zero-order valence-electron chi connectivity index (χ0n) is 11.7. The van der Waals surface area contributed by atoms with Gasteiger partial charge in [0.1, 0.15) is 13.2 Å². The van der Waals surface area contributed by atoms with E-state index in [4.69, 9.17) is 15.2 Å². The topological polar surface area (TPSA) is 47.7 Å². The SMILES string of the molecule is CC1CN(Cc2cc3c(cc2N)OCCO3)CC1C. The minimum absolute atomic E-state index is 0.604. The molecule has 2 aliphatic rings. The van der Waals surface area contributed by atoms with Crippen LogP contribution in [0.25, 0.3) is 0 Å². The summed E-state index contributed by atoms with van der Waals surface area (Å²) in [4.78, 5) is 2.47. The van der Waals surface area contributed by atoms with Crippen molar-refractivity contribution in [1.82, 2.24) is 4.90 Å². The molecule has 0 aromatic heterocycles. The van der Waals surface area contributed by atoms with Crippen molar-refractivity contribution in [1.29, 1.82) is 0 Å². The number of ether oxygens (including phenoxy) is 2. The van der Waals surface area contributed by atoms with Crippen molar-refractivity contribution in [3.8, 4) is 11.5 Å². The molecule has 1 fully saturated rings. The molecular formula is C15H22N2O2. The minimum atomic E-state index is 0.604. The Morgan fingerprint density at radius 1 is 1.11 bits per heavy atom. The first-order valence-corrected chi connectivity index (χ1v) is 7.04. The fraction of sp³-hybridized carbons (Fsp3) is 0.600. The lowest BCUT2D eigenvalue weighted by molar-refractivity contribution is 0.171. The highest BCUT2D eigenvalue weighted by Gasteiger charge is 2.26. The summed E-state index contributed by atoms with van der Waals surface area (Å²) in [6, 6.07) is 3.93. The predicted molar refractivity (Wildman–Crippen MR) is 75.4 cm³/mol. The maximum absolute atomic E-state index is 6.13. The number of hydrogen-bond donors (Lipinski definition) is 1. The Balaban J connectivity index is 1.77. The van der Waals surface area contributed by atoms with Gasteiger partial charge in [-0.05, 0) is 23.5 Å². The van der Waals surface area contributed by atoms with Crippen molar-refractivity contribution in [2.24, 2.45) is 11.8 Å². The third kappa shape index (κ3) is 2.50. The van der Waals surface area contributed by atoms with E-state index in [0.717, 1.165) is 54.2 Å². The number of nitrogens with zero attached hydrogens (tertiary/aromatic N) is 1. The molecule has 1 aromatic carbocycles. The Kier molecular flexibility index (Phi) is 3.27. The van der Waals surface area contributed by atoms with Crippen LogP contribution in [-0.4, -0.2) is 31.2 Å². The molecule has 0 aliphatic carbocycles. The van der Waals surface area contributed by atoms with Crippen LogP contribution in [0.5, 0.6) is 11.5 Å². The largest absolute Gasteiger partial charge is 0.486 e. The fourth-order valence-corrected chi connectivity index (χ4v) is 2.90. The zero-order chi connectivity index (χ0) is 13.4. The summed E-state index contributed by atoms with van der Waals surface area (Å²) in [5.41, 5.74) is 8.08. The van der Waals surface area contributed by atoms with Crippen molar-refractivity contribution < 1.29 is 9.47 Å². The average Bonchev–Trinajstić information content (AvgIpc) is 2.69. The highest BCUT2D eigenvalue weighted by molar-refractivity contribution is 5.58. The predicted octanol–water partition coefficient (Wildman–Crippen LogP) is 2.13. The highest BCUT2D eigenvalue weighted by Crippen LogP contribution is 2.35. The number of hydrogen-bond acceptors (Lipinski definition) is 4. The van der Waals surface area contributed by atoms with Crippen LogP contribution < -0.4 is 15.2 Å². The molecule has 19 heavy (non-hydrogen) atoms. The monoisotopic (exact) mass is 262 g/mol. The molecule has 2 unspecified atom stereocenters. The van der Waals surface area contributed by atoms with Crippen LogP contribution in [0, 0.1) is 11.8 Å². The van der Waals surface area contributed by atoms with Gasteiger partial charge in [0.05, 0.1) is 0 Å². The lowest BCUT2D eigenvalue weighted by atomic mass is 10.0. The van der Waals surface area contributed by atoms with Crippen LogP contribution >= 0.6 is 0 Å². The number of likely N-dealkylation sites (tertiary alicyclic amines) is 1. The number of fused-ring (bicyclic) bond motifs is 1. The lowest BCUT2D eigenvalue weighted by Gasteiger charge is -2.22. The van der Waals surface area contributed by atoms with E-state index in [2.05, 4.69) is 18.7 Å². The number of anilines is 1. The summed E-state index contributed by atoms with van der Waals surface area (Å²) in [6.07, 6.45) is 0. The van der Waals surface area contributed by atoms with Crippen LogP contribution in [0.2, 0.25) is 0 Å². The molecule has 3 rings (SSSR count). The Hall–Kier alpha value is -1.42. The lowest BCUT2D eigenvalue weighted by Crippen LogP contribution is -2.21. The molecule has 2 atom stereocenters. The molecule has 2 heterocycles. The summed E-state index contributed by atoms with van der Waals surface area (Å²) < 4.78 is 11.2. The van der Waals surface area contributed by atoms with Gasteiger partial charge in [-0.15, -0.1) is 0 Å². The van der Waals surface area contributed by atoms with Crippen molar-refractivity contribution >= 4 is 5.69 Å². The van der Waals surface area contributed by atoms with Gasteiger partial charge in [0.2, 0.25) is 0 Å². The molecule has 4 nitrogen and oxygen atoms in total. The number of nitrogens with two attached hydrogens (primary N) is 1. The van der Waals surface area contributed by atoms with Crippen LogP contribution in [0.4, 0.5) is 5.69 Å². The van der Waals surface area contributed by atoms with Crippen molar-refractivity contribution in [2.75, 3.05) is 32.0 Å². The molecule has 0 radical (unpaired) electrons. The Morgan fingerprint density at radius 3 is 2.32 bits per heavy atom. The molecule has 0 spiro atoms. The Labute approximate surface area is 114 Å². The molecule has 104 valence electrons. The van der Waals surface area contributed by atoms with Gasteiger partial charge >= 0.3 is 0 Å². The van der Waals surface area contributed by atoms with E-state index in [1.165, 1.54) is 0 Å². The quantitative estimate of drug-likeness (QED) is 0.829. The van der Waals surface area contributed by atoms with Gasteiger partial charge in [-0.2, -0.15) is 0 Å². The van der Waals surface area contributed by atoms with Crippen molar-refractivity contribution in [2.45, 2.75) is 20.4 Å². The summed E-state index contributed by atoms with van der Waals surface area (Å²) in [7, 11) is 0. The Morgan fingerprint density at radius 2 is 1.68 bits per heavy atom. The van der Waals surface area contributed by atoms with Crippen LogP contribution in [0.3, 0.4) is 0 Å². The van der Waals surface area contributed by atoms with E-state index in [0.29, 0.717) is 13.2 Å². The van der Waals surface area contributed by atoms with E-state index < -0.39 is 0 Å². The maximum atomic E-state index is 6.13. The molecule has 1 aromatic rings. The van der Waals surface area contributed by atoms with Crippen LogP contribution in [0.15, 0.2) is 12.1 Å². The molecule has 0 saturated carbocycles. The average molecular weight is 262 g/mol. The van der Waals surface area contributed by atoms with Crippen molar-refractivity contribution in [3.63, 3.8) is 0 Å². The van der Waals surface area contributed by atoms with Gasteiger partial charge in [0.15, 0.2) is 11.5 Å². The smallest absolute Gasteiger partial charge is 0.163 e. The second-order valence-corrected chi connectivity index (χ2v) is 5.84. The van der Waals surface area contributed by atoms with Crippen LogP contribution in [0.1, 0.15) is 19.4 Å². The molecular weight excluding hydrogens is 240 g/mol. The molecule has 2 aliphatic heterocycles. The molecule has 1 saturated heterocycles. The zero-order valence-corrected chi connectivity index (χ0v) is 11.7. The molecule has 2 N–H and O–H groups in total. The summed E-state index contributed by atoms with van der Waals surface area (Å²) >= 11 is 0. The first-order chi connectivity index (χ1) is 9.13. The van der Waals surface area contributed by atoms with Crippen LogP contribution in [-0.2, 0) is 6.54 Å². The normalized spacial score (nSPS) is 26.6. The van der Waals surface area contributed by atoms with E-state index >= 15 is 0 Å². The maximum Gasteiger partial charge on any atom is 0.163 e. The van der Waals surface area contributed by atoms with Gasteiger partial charge in [-0.25, -0.2) is 0 Å². The molecule has 0 amide bonds. The fourth-order valence-electron chi connectivity index (χ4n) is 2.90. The van der Waals surface area contributed by atoms with Gasteiger partial charge < -0.3 is 15.2 Å². The molecule has 0 bridgehead atoms. The summed E-state index contributed by atoms with van der Waals surface area (Å²) in [5.74, 6) is 3.13. The van der Waals surface area contributed by atoms with E-state index in [9.17, 15) is 0 Å². The van der Waals surface area contributed by atoms with Gasteiger partial charge in [-0.3, -0.25) is 4.90 Å². The number of nitrogen functional groups attached to an aromatic ring is 1. The van der Waals surface area contributed by atoms with Gasteiger partial charge in [0, 0.05) is 31.4 Å². The van der Waals surface area contributed by atoms with Gasteiger partial charge in [-0.1, -0.05) is 13.8 Å². The highest BCUT2D eigenvalue weighted by atomic mass is 16.6. The van der Waals surface area contributed by atoms with E-state index in [-0.39, 0.29) is 0 Å². The van der Waals surface area contributed by atoms with E-state index in [1.807, 2.05) is 12.1 Å². The third-order valence-corrected chi connectivity index (χ3v) is 4.26. The Bertz CT molecular complexity index is 465. The minimum Gasteiger partial charge on any atom is -0.486 e. The first-order valence-electron chi connectivity index (χ1n) is 7.04. The van der Waals surface area contributed by atoms with Crippen molar-refractivity contribution in [3.05, 3.63) is 17.7 Å². The molecule has 4 heteroatoms. The van der Waals surface area contributed by atoms with Gasteiger partial charge in [0.25, 0.3) is 0 Å². The van der Waals surface area contributed by atoms with E-state index in [1.54, 1.807) is 0 Å². The number of rotatable bonds is 2. The standard InChI is InChI=1S/C15H22N2O2/c1-10-7-17(8-11(10)2)9-12-5-14-15(6-13(12)16)19-4-3-18-14/h5-6,10-11H,3-4,7-9,16H2,1-2H3. The summed E-state index contributed by atoms with van der Waals surface area (Å²) in [5, 5.41) is 0. The second-order valence-electron chi connectivity index (χ2n) is 5.84. The second kappa shape index (κ2) is 4.93. The first kappa shape index (κ1) is 12.6. The number of benzene rings is 1. The summed E-state index contributed by atoms with van der Waals surface area (Å²) in [6.45, 7) is 9.05.